The Hall–Kier alpha value is -1.17. The molecule has 146 valence electrons. The van der Waals surface area contributed by atoms with Gasteiger partial charge in [-0.1, -0.05) is 31.4 Å². The van der Waals surface area contributed by atoms with Crippen LogP contribution in [-0.2, 0) is 16.1 Å². The molecule has 1 saturated carbocycles. The predicted molar refractivity (Wildman–Crippen MR) is 103 cm³/mol. The molecule has 1 unspecified atom stereocenters. The van der Waals surface area contributed by atoms with Crippen LogP contribution in [0.25, 0.3) is 0 Å². The van der Waals surface area contributed by atoms with Crippen molar-refractivity contribution in [3.63, 3.8) is 0 Å². The fraction of sp³-hybridized carbons (Fsp3) is 0.650. The van der Waals surface area contributed by atoms with E-state index in [1.165, 1.54) is 31.4 Å². The zero-order valence-corrected chi connectivity index (χ0v) is 16.1. The second-order valence-electron chi connectivity index (χ2n) is 7.21. The van der Waals surface area contributed by atoms with E-state index in [1.54, 1.807) is 12.1 Å². The summed E-state index contributed by atoms with van der Waals surface area (Å²) in [6.45, 7) is 2.47. The first kappa shape index (κ1) is 21.1. The van der Waals surface area contributed by atoms with Crippen molar-refractivity contribution >= 4 is 18.3 Å². The van der Waals surface area contributed by atoms with Gasteiger partial charge in [0.15, 0.2) is 0 Å². The lowest BCUT2D eigenvalue weighted by Crippen LogP contribution is -2.45. The third kappa shape index (κ3) is 6.22. The molecule has 1 atom stereocenters. The number of hydrogen-bond donors (Lipinski definition) is 1. The third-order valence-electron chi connectivity index (χ3n) is 5.27. The number of amides is 1. The van der Waals surface area contributed by atoms with Crippen LogP contribution in [0.3, 0.4) is 0 Å². The lowest BCUT2D eigenvalue weighted by Gasteiger charge is -2.35. The Bertz CT molecular complexity index is 543. The van der Waals surface area contributed by atoms with Gasteiger partial charge < -0.3 is 15.0 Å². The summed E-state index contributed by atoms with van der Waals surface area (Å²) in [6, 6.07) is 6.79. The maximum atomic E-state index is 13.1. The molecule has 1 heterocycles. The standard InChI is InChI=1S/C20H29FN2O2.ClH/c21-17-10-8-16(9-11-17)15-23(18-5-2-1-3-6-18)20(24)14-22-13-19-7-4-12-25-19;/h8-11,18-19,22H,1-7,12-15H2;1H. The lowest BCUT2D eigenvalue weighted by atomic mass is 9.93. The van der Waals surface area contributed by atoms with Crippen LogP contribution in [0, 0.1) is 5.82 Å². The summed E-state index contributed by atoms with van der Waals surface area (Å²) in [5, 5.41) is 3.27. The fourth-order valence-electron chi connectivity index (χ4n) is 3.85. The molecule has 2 aliphatic rings. The molecule has 2 fully saturated rings. The molecule has 1 N–H and O–H groups in total. The lowest BCUT2D eigenvalue weighted by molar-refractivity contribution is -0.134. The minimum Gasteiger partial charge on any atom is -0.377 e. The van der Waals surface area contributed by atoms with Gasteiger partial charge in [-0.25, -0.2) is 4.39 Å². The van der Waals surface area contributed by atoms with Crippen LogP contribution in [0.2, 0.25) is 0 Å². The smallest absolute Gasteiger partial charge is 0.237 e. The van der Waals surface area contributed by atoms with Crippen molar-refractivity contribution in [1.82, 2.24) is 10.2 Å². The third-order valence-corrected chi connectivity index (χ3v) is 5.27. The van der Waals surface area contributed by atoms with E-state index in [-0.39, 0.29) is 30.2 Å². The maximum Gasteiger partial charge on any atom is 0.237 e. The van der Waals surface area contributed by atoms with Crippen LogP contribution < -0.4 is 5.32 Å². The van der Waals surface area contributed by atoms with E-state index in [4.69, 9.17) is 4.74 Å². The molecule has 4 nitrogen and oxygen atoms in total. The van der Waals surface area contributed by atoms with Crippen LogP contribution in [-0.4, -0.2) is 42.6 Å². The zero-order valence-electron chi connectivity index (χ0n) is 15.3. The van der Waals surface area contributed by atoms with E-state index in [9.17, 15) is 9.18 Å². The minimum absolute atomic E-state index is 0. The molecule has 1 aliphatic carbocycles. The second-order valence-corrected chi connectivity index (χ2v) is 7.21. The number of hydrogen-bond acceptors (Lipinski definition) is 3. The Morgan fingerprint density at radius 3 is 2.50 bits per heavy atom. The summed E-state index contributed by atoms with van der Waals surface area (Å²) in [5.41, 5.74) is 0.986. The van der Waals surface area contributed by atoms with Crippen molar-refractivity contribution in [1.29, 1.82) is 0 Å². The predicted octanol–water partition coefficient (Wildman–Crippen LogP) is 3.68. The summed E-state index contributed by atoms with van der Waals surface area (Å²) in [5.74, 6) is -0.105. The Morgan fingerprint density at radius 2 is 1.85 bits per heavy atom. The largest absolute Gasteiger partial charge is 0.377 e. The molecular formula is C20H30ClFN2O2. The van der Waals surface area contributed by atoms with Crippen molar-refractivity contribution < 1.29 is 13.9 Å². The molecule has 3 rings (SSSR count). The number of carbonyl (C=O) groups excluding carboxylic acids is 1. The van der Waals surface area contributed by atoms with E-state index >= 15 is 0 Å². The summed E-state index contributed by atoms with van der Waals surface area (Å²) < 4.78 is 18.7. The van der Waals surface area contributed by atoms with E-state index in [2.05, 4.69) is 5.32 Å². The number of ether oxygens (including phenoxy) is 1. The molecule has 0 aromatic heterocycles. The highest BCUT2D eigenvalue weighted by Gasteiger charge is 2.25. The van der Waals surface area contributed by atoms with Crippen molar-refractivity contribution in [2.24, 2.45) is 0 Å². The highest BCUT2D eigenvalue weighted by atomic mass is 35.5. The summed E-state index contributed by atoms with van der Waals surface area (Å²) in [7, 11) is 0. The number of benzene rings is 1. The molecule has 0 bridgehead atoms. The summed E-state index contributed by atoms with van der Waals surface area (Å²) >= 11 is 0. The average molecular weight is 385 g/mol. The van der Waals surface area contributed by atoms with Crippen LogP contribution in [0.1, 0.15) is 50.5 Å². The molecule has 1 aliphatic heterocycles. The van der Waals surface area contributed by atoms with E-state index in [0.717, 1.165) is 44.4 Å². The molecule has 1 aromatic carbocycles. The SMILES string of the molecule is Cl.O=C(CNCC1CCCO1)N(Cc1ccc(F)cc1)C1CCCCC1. The summed E-state index contributed by atoms with van der Waals surface area (Å²) in [6.07, 6.45) is 8.18. The second kappa shape index (κ2) is 10.9. The zero-order chi connectivity index (χ0) is 17.5. The Labute approximate surface area is 161 Å². The monoisotopic (exact) mass is 384 g/mol. The molecule has 1 amide bonds. The van der Waals surface area contributed by atoms with E-state index < -0.39 is 0 Å². The first-order valence-electron chi connectivity index (χ1n) is 9.58. The summed E-state index contributed by atoms with van der Waals surface area (Å²) in [4.78, 5) is 14.8. The topological polar surface area (TPSA) is 41.6 Å². The van der Waals surface area contributed by atoms with E-state index in [0.29, 0.717) is 19.1 Å². The Kier molecular flexibility index (Phi) is 8.82. The Balaban J connectivity index is 0.00000243. The minimum atomic E-state index is -0.238. The maximum absolute atomic E-state index is 13.1. The normalized spacial score (nSPS) is 20.6. The highest BCUT2D eigenvalue weighted by molar-refractivity contribution is 5.85. The van der Waals surface area contributed by atoms with Gasteiger partial charge in [0.1, 0.15) is 5.82 Å². The van der Waals surface area contributed by atoms with Crippen LogP contribution in [0.15, 0.2) is 24.3 Å². The van der Waals surface area contributed by atoms with Gasteiger partial charge in [0.2, 0.25) is 5.91 Å². The Morgan fingerprint density at radius 1 is 1.12 bits per heavy atom. The van der Waals surface area contributed by atoms with Crippen LogP contribution in [0.5, 0.6) is 0 Å². The van der Waals surface area contributed by atoms with Crippen molar-refractivity contribution in [2.75, 3.05) is 19.7 Å². The molecule has 1 aromatic rings. The molecule has 1 saturated heterocycles. The first-order chi connectivity index (χ1) is 12.2. The van der Waals surface area contributed by atoms with Gasteiger partial charge in [0.25, 0.3) is 0 Å². The van der Waals surface area contributed by atoms with Crippen LogP contribution in [0.4, 0.5) is 4.39 Å². The molecule has 6 heteroatoms. The van der Waals surface area contributed by atoms with Crippen molar-refractivity contribution in [3.05, 3.63) is 35.6 Å². The van der Waals surface area contributed by atoms with Crippen molar-refractivity contribution in [3.8, 4) is 0 Å². The van der Waals surface area contributed by atoms with Gasteiger partial charge >= 0.3 is 0 Å². The van der Waals surface area contributed by atoms with Gasteiger partial charge in [0, 0.05) is 25.7 Å². The number of rotatable bonds is 7. The quantitative estimate of drug-likeness (QED) is 0.779. The highest BCUT2D eigenvalue weighted by Crippen LogP contribution is 2.24. The van der Waals surface area contributed by atoms with Gasteiger partial charge in [-0.2, -0.15) is 0 Å². The molecular weight excluding hydrogens is 355 g/mol. The molecule has 0 spiro atoms. The first-order valence-corrected chi connectivity index (χ1v) is 9.58. The number of halogens is 2. The van der Waals surface area contributed by atoms with Crippen molar-refractivity contribution in [2.45, 2.75) is 63.6 Å². The molecule has 0 radical (unpaired) electrons. The number of nitrogens with one attached hydrogen (secondary N) is 1. The fourth-order valence-corrected chi connectivity index (χ4v) is 3.85. The molecule has 26 heavy (non-hydrogen) atoms. The average Bonchev–Trinajstić information content (AvgIpc) is 3.15. The van der Waals surface area contributed by atoms with Gasteiger partial charge in [0.05, 0.1) is 12.6 Å². The van der Waals surface area contributed by atoms with Gasteiger partial charge in [-0.05, 0) is 43.4 Å². The van der Waals surface area contributed by atoms with Crippen LogP contribution >= 0.6 is 12.4 Å². The number of nitrogens with zero attached hydrogens (tertiary/aromatic N) is 1. The van der Waals surface area contributed by atoms with E-state index in [1.807, 2.05) is 4.90 Å². The van der Waals surface area contributed by atoms with Gasteiger partial charge in [-0.3, -0.25) is 4.79 Å². The number of carbonyl (C=O) groups is 1. The van der Waals surface area contributed by atoms with Gasteiger partial charge in [-0.15, -0.1) is 12.4 Å².